The predicted molar refractivity (Wildman–Crippen MR) is 96.0 cm³/mol. The summed E-state index contributed by atoms with van der Waals surface area (Å²) in [7, 11) is 0. The second-order valence-electron chi connectivity index (χ2n) is 6.35. The van der Waals surface area contributed by atoms with E-state index in [0.29, 0.717) is 6.54 Å². The smallest absolute Gasteiger partial charge is 0.191 e. The molecule has 0 saturated carbocycles. The first-order valence-corrected chi connectivity index (χ1v) is 8.86. The highest BCUT2D eigenvalue weighted by Crippen LogP contribution is 2.25. The maximum atomic E-state index is 5.33. The second-order valence-corrected chi connectivity index (χ2v) is 7.20. The van der Waals surface area contributed by atoms with Crippen LogP contribution in [0.1, 0.15) is 44.2 Å². The van der Waals surface area contributed by atoms with Gasteiger partial charge in [0.15, 0.2) is 5.96 Å². The van der Waals surface area contributed by atoms with Gasteiger partial charge in [0.05, 0.1) is 23.5 Å². The zero-order valence-corrected chi connectivity index (χ0v) is 15.2. The Labute approximate surface area is 142 Å². The molecule has 6 heteroatoms. The summed E-state index contributed by atoms with van der Waals surface area (Å²) in [5.41, 5.74) is 1.11. The van der Waals surface area contributed by atoms with Gasteiger partial charge in [-0.3, -0.25) is 0 Å². The molecule has 0 bridgehead atoms. The van der Waals surface area contributed by atoms with Gasteiger partial charge in [-0.2, -0.15) is 0 Å². The summed E-state index contributed by atoms with van der Waals surface area (Å²) >= 11 is 1.70. The Kier molecular flexibility index (Phi) is 6.21. The van der Waals surface area contributed by atoms with E-state index in [1.165, 1.54) is 0 Å². The molecular weight excluding hydrogens is 308 g/mol. The van der Waals surface area contributed by atoms with Crippen molar-refractivity contribution in [3.8, 4) is 0 Å². The van der Waals surface area contributed by atoms with E-state index in [1.54, 1.807) is 17.6 Å². The van der Waals surface area contributed by atoms with E-state index in [9.17, 15) is 0 Å². The molecule has 2 N–H and O–H groups in total. The van der Waals surface area contributed by atoms with E-state index in [1.807, 2.05) is 12.1 Å². The van der Waals surface area contributed by atoms with Gasteiger partial charge in [0.1, 0.15) is 5.76 Å². The first-order chi connectivity index (χ1) is 11.0. The van der Waals surface area contributed by atoms with Crippen LogP contribution < -0.4 is 10.6 Å². The Morgan fingerprint density at radius 1 is 1.35 bits per heavy atom. The molecule has 23 heavy (non-hydrogen) atoms. The molecule has 0 spiro atoms. The van der Waals surface area contributed by atoms with Crippen LogP contribution in [0.4, 0.5) is 0 Å². The lowest BCUT2D eigenvalue weighted by Gasteiger charge is -2.13. The lowest BCUT2D eigenvalue weighted by molar-refractivity contribution is 0.507. The number of thiazole rings is 1. The zero-order chi connectivity index (χ0) is 16.7. The minimum absolute atomic E-state index is 0.0957. The molecule has 2 aromatic heterocycles. The van der Waals surface area contributed by atoms with E-state index >= 15 is 0 Å². The van der Waals surface area contributed by atoms with Crippen molar-refractivity contribution < 1.29 is 4.42 Å². The van der Waals surface area contributed by atoms with Gasteiger partial charge < -0.3 is 15.1 Å². The maximum Gasteiger partial charge on any atom is 0.191 e. The van der Waals surface area contributed by atoms with Crippen LogP contribution in [0.15, 0.2) is 33.2 Å². The van der Waals surface area contributed by atoms with E-state index in [-0.39, 0.29) is 5.41 Å². The molecule has 0 aromatic carbocycles. The molecule has 0 amide bonds. The maximum absolute atomic E-state index is 5.33. The number of guanidine groups is 1. The fraction of sp³-hybridized carbons (Fsp3) is 0.529. The zero-order valence-electron chi connectivity index (χ0n) is 14.3. The van der Waals surface area contributed by atoms with Crippen LogP contribution in [-0.2, 0) is 18.4 Å². The Morgan fingerprint density at radius 3 is 2.78 bits per heavy atom. The van der Waals surface area contributed by atoms with Gasteiger partial charge in [-0.25, -0.2) is 9.98 Å². The number of rotatable bonds is 6. The topological polar surface area (TPSA) is 62.5 Å². The Balaban J connectivity index is 1.88. The summed E-state index contributed by atoms with van der Waals surface area (Å²) in [4.78, 5) is 9.28. The molecule has 0 aliphatic carbocycles. The van der Waals surface area contributed by atoms with Crippen molar-refractivity contribution in [1.82, 2.24) is 15.6 Å². The fourth-order valence-corrected chi connectivity index (χ4v) is 2.88. The van der Waals surface area contributed by atoms with Crippen molar-refractivity contribution in [2.24, 2.45) is 4.99 Å². The van der Waals surface area contributed by atoms with Gasteiger partial charge in [-0.05, 0) is 19.1 Å². The minimum atomic E-state index is 0.0957. The molecule has 2 heterocycles. The van der Waals surface area contributed by atoms with Gasteiger partial charge in [0, 0.05) is 30.3 Å². The quantitative estimate of drug-likeness (QED) is 0.628. The molecule has 2 rings (SSSR count). The van der Waals surface area contributed by atoms with Crippen LogP contribution in [0.3, 0.4) is 0 Å². The molecule has 0 atom stereocenters. The molecule has 0 unspecified atom stereocenters. The van der Waals surface area contributed by atoms with E-state index in [0.717, 1.165) is 41.9 Å². The summed E-state index contributed by atoms with van der Waals surface area (Å²) in [5, 5.41) is 9.82. The highest BCUT2D eigenvalue weighted by molar-refractivity contribution is 7.09. The molecule has 0 aliphatic heterocycles. The van der Waals surface area contributed by atoms with Crippen LogP contribution in [0.5, 0.6) is 0 Å². The average Bonchev–Trinajstić information content (AvgIpc) is 3.15. The molecule has 0 radical (unpaired) electrons. The first kappa shape index (κ1) is 17.5. The third kappa shape index (κ3) is 5.71. The van der Waals surface area contributed by atoms with Crippen LogP contribution in [0.2, 0.25) is 0 Å². The van der Waals surface area contributed by atoms with Crippen molar-refractivity contribution >= 4 is 17.3 Å². The minimum Gasteiger partial charge on any atom is -0.469 e. The highest BCUT2D eigenvalue weighted by atomic mass is 32.1. The largest absolute Gasteiger partial charge is 0.469 e. The molecule has 2 aromatic rings. The molecule has 5 nitrogen and oxygen atoms in total. The average molecular weight is 334 g/mol. The summed E-state index contributed by atoms with van der Waals surface area (Å²) in [6, 6.07) is 3.89. The Bertz CT molecular complexity index is 611. The number of aliphatic imine (C=N–C) groups is 1. The molecular formula is C17H26N4OS. The van der Waals surface area contributed by atoms with Crippen LogP contribution in [0.25, 0.3) is 0 Å². The predicted octanol–water partition coefficient (Wildman–Crippen LogP) is 3.33. The Morgan fingerprint density at radius 2 is 2.17 bits per heavy atom. The van der Waals surface area contributed by atoms with E-state index < -0.39 is 0 Å². The van der Waals surface area contributed by atoms with E-state index in [4.69, 9.17) is 4.42 Å². The van der Waals surface area contributed by atoms with Crippen molar-refractivity contribution in [1.29, 1.82) is 0 Å². The number of hydrogen-bond donors (Lipinski definition) is 2. The summed E-state index contributed by atoms with van der Waals surface area (Å²) < 4.78 is 5.33. The second kappa shape index (κ2) is 8.15. The van der Waals surface area contributed by atoms with Gasteiger partial charge in [-0.1, -0.05) is 20.8 Å². The van der Waals surface area contributed by atoms with Crippen LogP contribution in [0, 0.1) is 0 Å². The van der Waals surface area contributed by atoms with Gasteiger partial charge >= 0.3 is 0 Å². The number of hydrogen-bond acceptors (Lipinski definition) is 4. The van der Waals surface area contributed by atoms with Crippen molar-refractivity contribution in [3.63, 3.8) is 0 Å². The number of nitrogens with one attached hydrogen (secondary N) is 2. The molecule has 0 fully saturated rings. The fourth-order valence-electron chi connectivity index (χ4n) is 1.98. The Hall–Kier alpha value is -1.82. The van der Waals surface area contributed by atoms with Gasteiger partial charge in [0.25, 0.3) is 0 Å². The van der Waals surface area contributed by atoms with Crippen molar-refractivity contribution in [2.45, 2.75) is 46.1 Å². The van der Waals surface area contributed by atoms with Crippen molar-refractivity contribution in [2.75, 3.05) is 13.1 Å². The van der Waals surface area contributed by atoms with Gasteiger partial charge in [0.2, 0.25) is 0 Å². The normalized spacial score (nSPS) is 12.4. The van der Waals surface area contributed by atoms with Crippen molar-refractivity contribution in [3.05, 3.63) is 40.2 Å². The highest BCUT2D eigenvalue weighted by Gasteiger charge is 2.17. The lowest BCUT2D eigenvalue weighted by Crippen LogP contribution is -2.38. The third-order valence-electron chi connectivity index (χ3n) is 3.18. The third-order valence-corrected chi connectivity index (χ3v) is 4.50. The number of furan rings is 1. The SMILES string of the molecule is CCNC(=NCc1csc(C(C)(C)C)n1)NCCc1ccco1. The molecule has 126 valence electrons. The lowest BCUT2D eigenvalue weighted by atomic mass is 9.98. The summed E-state index contributed by atoms with van der Waals surface area (Å²) in [6.07, 6.45) is 2.53. The first-order valence-electron chi connectivity index (χ1n) is 7.98. The monoisotopic (exact) mass is 334 g/mol. The standard InChI is InChI=1S/C17H26N4OS/c1-5-18-16(19-9-8-14-7-6-10-22-14)20-11-13-12-23-15(21-13)17(2,3)4/h6-7,10,12H,5,8-9,11H2,1-4H3,(H2,18,19,20). The van der Waals surface area contributed by atoms with Crippen LogP contribution >= 0.6 is 11.3 Å². The molecule has 0 saturated heterocycles. The molecule has 0 aliphatic rings. The number of nitrogens with zero attached hydrogens (tertiary/aromatic N) is 2. The van der Waals surface area contributed by atoms with E-state index in [2.05, 4.69) is 53.7 Å². The summed E-state index contributed by atoms with van der Waals surface area (Å²) in [5.74, 6) is 1.78. The number of aromatic nitrogens is 1. The summed E-state index contributed by atoms with van der Waals surface area (Å²) in [6.45, 7) is 10.8. The van der Waals surface area contributed by atoms with Gasteiger partial charge in [-0.15, -0.1) is 11.3 Å². The van der Waals surface area contributed by atoms with Crippen LogP contribution in [-0.4, -0.2) is 24.0 Å².